The molecule has 2 aromatic rings. The van der Waals surface area contributed by atoms with Crippen molar-refractivity contribution in [3.05, 3.63) is 48.0 Å². The third-order valence-electron chi connectivity index (χ3n) is 2.37. The number of nitrogens with two attached hydrogens (primary N) is 1. The first-order valence-electron chi connectivity index (χ1n) is 4.81. The molecular weight excluding hydrogens is 204 g/mol. The monoisotopic (exact) mass is 216 g/mol. The molecule has 0 aliphatic heterocycles. The van der Waals surface area contributed by atoms with Gasteiger partial charge >= 0.3 is 0 Å². The Kier molecular flexibility index (Phi) is 2.59. The van der Waals surface area contributed by atoms with Crippen LogP contribution in [0.5, 0.6) is 0 Å². The molecule has 1 aromatic heterocycles. The highest BCUT2D eigenvalue weighted by Gasteiger charge is 2.09. The highest BCUT2D eigenvalue weighted by Crippen LogP contribution is 2.15. The van der Waals surface area contributed by atoms with E-state index in [0.717, 1.165) is 11.5 Å². The lowest BCUT2D eigenvalue weighted by Gasteiger charge is -2.10. The Labute approximate surface area is 92.8 Å². The van der Waals surface area contributed by atoms with E-state index in [2.05, 4.69) is 10.1 Å². The standard InChI is InChI=1S/C11H12N4O/c1-8-13-6-7-15(8)10-5-3-2-4-9(10)11(12)14-16/h2-7,16H,1H3,(H2,12,14). The zero-order chi connectivity index (χ0) is 11.5. The van der Waals surface area contributed by atoms with Crippen LogP contribution < -0.4 is 5.73 Å². The largest absolute Gasteiger partial charge is 0.409 e. The van der Waals surface area contributed by atoms with E-state index in [9.17, 15) is 0 Å². The quantitative estimate of drug-likeness (QED) is 0.343. The summed E-state index contributed by atoms with van der Waals surface area (Å²) >= 11 is 0. The van der Waals surface area contributed by atoms with Gasteiger partial charge < -0.3 is 15.5 Å². The number of aryl methyl sites for hydroxylation is 1. The third-order valence-corrected chi connectivity index (χ3v) is 2.37. The summed E-state index contributed by atoms with van der Waals surface area (Å²) in [6, 6.07) is 7.41. The normalized spacial score (nSPS) is 11.7. The van der Waals surface area contributed by atoms with Gasteiger partial charge in [0.05, 0.1) is 5.69 Å². The summed E-state index contributed by atoms with van der Waals surface area (Å²) in [5.74, 6) is 0.932. The van der Waals surface area contributed by atoms with E-state index >= 15 is 0 Å². The van der Waals surface area contributed by atoms with E-state index in [1.807, 2.05) is 35.9 Å². The van der Waals surface area contributed by atoms with Crippen molar-refractivity contribution in [1.29, 1.82) is 0 Å². The van der Waals surface area contributed by atoms with Gasteiger partial charge in [0, 0.05) is 18.0 Å². The number of benzene rings is 1. The minimum atomic E-state index is 0.0868. The maximum Gasteiger partial charge on any atom is 0.172 e. The Balaban J connectivity index is 2.62. The number of imidazole rings is 1. The highest BCUT2D eigenvalue weighted by atomic mass is 16.4. The molecule has 0 radical (unpaired) electrons. The van der Waals surface area contributed by atoms with Gasteiger partial charge in [-0.3, -0.25) is 0 Å². The van der Waals surface area contributed by atoms with Crippen LogP contribution in [0.4, 0.5) is 0 Å². The molecule has 0 aliphatic rings. The maximum atomic E-state index is 8.72. The number of hydrogen-bond donors (Lipinski definition) is 2. The minimum Gasteiger partial charge on any atom is -0.409 e. The lowest BCUT2D eigenvalue weighted by molar-refractivity contribution is 0.318. The van der Waals surface area contributed by atoms with Crippen LogP contribution in [0.3, 0.4) is 0 Å². The molecule has 0 amide bonds. The van der Waals surface area contributed by atoms with Crippen molar-refractivity contribution in [2.75, 3.05) is 0 Å². The molecule has 16 heavy (non-hydrogen) atoms. The van der Waals surface area contributed by atoms with Crippen LogP contribution in [0, 0.1) is 6.92 Å². The minimum absolute atomic E-state index is 0.0868. The molecule has 0 atom stereocenters. The van der Waals surface area contributed by atoms with Gasteiger partial charge in [0.15, 0.2) is 5.84 Å². The molecule has 1 heterocycles. The third kappa shape index (κ3) is 1.63. The maximum absolute atomic E-state index is 8.72. The number of oxime groups is 1. The SMILES string of the molecule is Cc1nccn1-c1ccccc1/C(N)=N/O. The van der Waals surface area contributed by atoms with Gasteiger partial charge in [0.25, 0.3) is 0 Å². The molecule has 5 nitrogen and oxygen atoms in total. The predicted octanol–water partition coefficient (Wildman–Crippen LogP) is 1.28. The van der Waals surface area contributed by atoms with Crippen molar-refractivity contribution in [3.63, 3.8) is 0 Å². The number of aromatic nitrogens is 2. The van der Waals surface area contributed by atoms with Crippen LogP contribution >= 0.6 is 0 Å². The summed E-state index contributed by atoms with van der Waals surface area (Å²) in [4.78, 5) is 4.14. The highest BCUT2D eigenvalue weighted by molar-refractivity contribution is 6.00. The number of amidine groups is 1. The lowest BCUT2D eigenvalue weighted by Crippen LogP contribution is -2.16. The van der Waals surface area contributed by atoms with E-state index in [1.54, 1.807) is 12.3 Å². The van der Waals surface area contributed by atoms with Gasteiger partial charge in [-0.1, -0.05) is 17.3 Å². The molecule has 0 unspecified atom stereocenters. The Bertz CT molecular complexity index is 530. The topological polar surface area (TPSA) is 76.4 Å². The molecular formula is C11H12N4O. The van der Waals surface area contributed by atoms with Gasteiger partial charge in [0.2, 0.25) is 0 Å². The van der Waals surface area contributed by atoms with Crippen molar-refractivity contribution < 1.29 is 5.21 Å². The predicted molar refractivity (Wildman–Crippen MR) is 60.8 cm³/mol. The molecule has 0 saturated heterocycles. The zero-order valence-corrected chi connectivity index (χ0v) is 8.83. The van der Waals surface area contributed by atoms with E-state index in [4.69, 9.17) is 10.9 Å². The average molecular weight is 216 g/mol. The van der Waals surface area contributed by atoms with Crippen LogP contribution in [0.25, 0.3) is 5.69 Å². The van der Waals surface area contributed by atoms with Crippen LogP contribution in [-0.2, 0) is 0 Å². The first-order chi connectivity index (χ1) is 7.74. The van der Waals surface area contributed by atoms with Gasteiger partial charge in [0.1, 0.15) is 5.82 Å². The second-order valence-electron chi connectivity index (χ2n) is 3.35. The summed E-state index contributed by atoms with van der Waals surface area (Å²) in [6.07, 6.45) is 3.54. The van der Waals surface area contributed by atoms with Crippen molar-refractivity contribution in [3.8, 4) is 5.69 Å². The molecule has 0 saturated carbocycles. The number of nitrogens with zero attached hydrogens (tertiary/aromatic N) is 3. The molecule has 3 N–H and O–H groups in total. The molecule has 5 heteroatoms. The van der Waals surface area contributed by atoms with Gasteiger partial charge in [-0.2, -0.15) is 0 Å². The Morgan fingerprint density at radius 1 is 1.44 bits per heavy atom. The fraction of sp³-hybridized carbons (Fsp3) is 0.0909. The number of hydrogen-bond acceptors (Lipinski definition) is 3. The average Bonchev–Trinajstić information content (AvgIpc) is 2.74. The summed E-state index contributed by atoms with van der Waals surface area (Å²) < 4.78 is 1.88. The van der Waals surface area contributed by atoms with Crippen molar-refractivity contribution in [1.82, 2.24) is 9.55 Å². The molecule has 1 aromatic carbocycles. The van der Waals surface area contributed by atoms with Gasteiger partial charge in [-0.05, 0) is 19.1 Å². The summed E-state index contributed by atoms with van der Waals surface area (Å²) in [7, 11) is 0. The molecule has 0 aliphatic carbocycles. The van der Waals surface area contributed by atoms with E-state index < -0.39 is 0 Å². The van der Waals surface area contributed by atoms with E-state index in [0.29, 0.717) is 5.56 Å². The number of rotatable bonds is 2. The molecule has 82 valence electrons. The second kappa shape index (κ2) is 4.06. The van der Waals surface area contributed by atoms with Crippen LogP contribution in [-0.4, -0.2) is 20.6 Å². The molecule has 0 spiro atoms. The van der Waals surface area contributed by atoms with E-state index in [-0.39, 0.29) is 5.84 Å². The van der Waals surface area contributed by atoms with Gasteiger partial charge in [-0.25, -0.2) is 4.98 Å². The summed E-state index contributed by atoms with van der Waals surface area (Å²) in [5.41, 5.74) is 7.13. The van der Waals surface area contributed by atoms with Gasteiger partial charge in [-0.15, -0.1) is 0 Å². The molecule has 0 fully saturated rings. The van der Waals surface area contributed by atoms with Crippen LogP contribution in [0.1, 0.15) is 11.4 Å². The molecule has 2 rings (SSSR count). The van der Waals surface area contributed by atoms with Crippen LogP contribution in [0.2, 0.25) is 0 Å². The zero-order valence-electron chi connectivity index (χ0n) is 8.83. The fourth-order valence-electron chi connectivity index (χ4n) is 1.59. The summed E-state index contributed by atoms with van der Waals surface area (Å²) in [5, 5.41) is 11.7. The fourth-order valence-corrected chi connectivity index (χ4v) is 1.59. The second-order valence-corrected chi connectivity index (χ2v) is 3.35. The number of para-hydroxylation sites is 1. The lowest BCUT2D eigenvalue weighted by atomic mass is 10.1. The smallest absolute Gasteiger partial charge is 0.172 e. The first-order valence-corrected chi connectivity index (χ1v) is 4.81. The van der Waals surface area contributed by atoms with Crippen molar-refractivity contribution in [2.45, 2.75) is 6.92 Å². The van der Waals surface area contributed by atoms with Crippen molar-refractivity contribution in [2.24, 2.45) is 10.9 Å². The van der Waals surface area contributed by atoms with E-state index in [1.165, 1.54) is 0 Å². The Morgan fingerprint density at radius 3 is 2.81 bits per heavy atom. The Hall–Kier alpha value is -2.30. The van der Waals surface area contributed by atoms with Crippen molar-refractivity contribution >= 4 is 5.84 Å². The summed E-state index contributed by atoms with van der Waals surface area (Å²) in [6.45, 7) is 1.89. The Morgan fingerprint density at radius 2 is 2.19 bits per heavy atom. The van der Waals surface area contributed by atoms with Crippen LogP contribution in [0.15, 0.2) is 41.8 Å². The molecule has 0 bridgehead atoms. The first kappa shape index (κ1) is 10.2.